The van der Waals surface area contributed by atoms with Crippen LogP contribution in [-0.4, -0.2) is 50.2 Å². The molecule has 0 spiro atoms. The third kappa shape index (κ3) is 2.90. The molecule has 5 nitrogen and oxygen atoms in total. The summed E-state index contributed by atoms with van der Waals surface area (Å²) < 4.78 is 10.7. The zero-order chi connectivity index (χ0) is 15.5. The van der Waals surface area contributed by atoms with E-state index in [-0.39, 0.29) is 5.91 Å². The first-order valence-electron chi connectivity index (χ1n) is 7.95. The number of fused-ring (bicyclic) bond motifs is 2. The Hall–Kier alpha value is -1.75. The number of carbonyl (C=O) groups excluding carboxylic acids is 1. The summed E-state index contributed by atoms with van der Waals surface area (Å²) in [5.41, 5.74) is 0.892. The van der Waals surface area contributed by atoms with Crippen molar-refractivity contribution in [2.45, 2.75) is 37.8 Å². The highest BCUT2D eigenvalue weighted by Crippen LogP contribution is 2.30. The third-order valence-corrected chi connectivity index (χ3v) is 4.77. The first-order valence-corrected chi connectivity index (χ1v) is 7.95. The van der Waals surface area contributed by atoms with Crippen molar-refractivity contribution >= 4 is 5.91 Å². The Kier molecular flexibility index (Phi) is 4.52. The van der Waals surface area contributed by atoms with Crippen molar-refractivity contribution in [3.63, 3.8) is 0 Å². The maximum atomic E-state index is 12.9. The molecule has 1 aromatic carbocycles. The number of amides is 1. The Morgan fingerprint density at radius 2 is 2.05 bits per heavy atom. The third-order valence-electron chi connectivity index (χ3n) is 4.77. The van der Waals surface area contributed by atoms with E-state index in [1.165, 1.54) is 0 Å². The Morgan fingerprint density at radius 3 is 2.82 bits per heavy atom. The van der Waals surface area contributed by atoms with Crippen molar-refractivity contribution in [1.82, 2.24) is 10.2 Å². The van der Waals surface area contributed by atoms with Crippen LogP contribution in [-0.2, 0) is 11.2 Å². The average molecular weight is 304 g/mol. The Balaban J connectivity index is 1.79. The SMILES string of the molecule is COc1ccc(OC)c(CC(=O)N2C3CCNCC2CC3)c1. The van der Waals surface area contributed by atoms with Gasteiger partial charge in [0, 0.05) is 24.2 Å². The second-order valence-corrected chi connectivity index (χ2v) is 6.03. The van der Waals surface area contributed by atoms with Crippen LogP contribution in [0.15, 0.2) is 18.2 Å². The topological polar surface area (TPSA) is 50.8 Å². The van der Waals surface area contributed by atoms with Crippen LogP contribution < -0.4 is 14.8 Å². The van der Waals surface area contributed by atoms with Crippen molar-refractivity contribution < 1.29 is 14.3 Å². The molecule has 0 radical (unpaired) electrons. The van der Waals surface area contributed by atoms with E-state index in [0.717, 1.165) is 49.4 Å². The second-order valence-electron chi connectivity index (χ2n) is 6.03. The molecule has 1 aromatic rings. The van der Waals surface area contributed by atoms with E-state index in [4.69, 9.17) is 9.47 Å². The molecule has 1 amide bonds. The van der Waals surface area contributed by atoms with Crippen molar-refractivity contribution in [3.05, 3.63) is 23.8 Å². The molecule has 0 saturated carbocycles. The molecule has 2 aliphatic heterocycles. The molecule has 2 fully saturated rings. The standard InChI is InChI=1S/C17H24N2O3/c1-21-15-5-6-16(22-2)12(9-15)10-17(20)19-13-3-4-14(19)11-18-8-7-13/h5-6,9,13-14,18H,3-4,7-8,10-11H2,1-2H3. The Bertz CT molecular complexity index is 533. The van der Waals surface area contributed by atoms with E-state index in [0.29, 0.717) is 18.5 Å². The van der Waals surface area contributed by atoms with Crippen molar-refractivity contribution in [3.8, 4) is 11.5 Å². The van der Waals surface area contributed by atoms with Gasteiger partial charge in [-0.05, 0) is 44.0 Å². The van der Waals surface area contributed by atoms with Crippen LogP contribution >= 0.6 is 0 Å². The highest BCUT2D eigenvalue weighted by molar-refractivity contribution is 5.80. The van der Waals surface area contributed by atoms with Gasteiger partial charge < -0.3 is 19.7 Å². The van der Waals surface area contributed by atoms with E-state index in [9.17, 15) is 4.79 Å². The smallest absolute Gasteiger partial charge is 0.227 e. The average Bonchev–Trinajstić information content (AvgIpc) is 2.80. The number of benzene rings is 1. The first kappa shape index (κ1) is 15.2. The summed E-state index contributed by atoms with van der Waals surface area (Å²) >= 11 is 0. The Labute approximate surface area is 131 Å². The fraction of sp³-hybridized carbons (Fsp3) is 0.588. The molecule has 5 heteroatoms. The van der Waals surface area contributed by atoms with Gasteiger partial charge in [0.2, 0.25) is 5.91 Å². The summed E-state index contributed by atoms with van der Waals surface area (Å²) in [5, 5.41) is 3.43. The lowest BCUT2D eigenvalue weighted by molar-refractivity contribution is -0.133. The Morgan fingerprint density at radius 1 is 1.23 bits per heavy atom. The quantitative estimate of drug-likeness (QED) is 0.918. The van der Waals surface area contributed by atoms with Gasteiger partial charge in [0.15, 0.2) is 0 Å². The fourth-order valence-corrected chi connectivity index (χ4v) is 3.66. The molecule has 1 N–H and O–H groups in total. The number of hydrogen-bond acceptors (Lipinski definition) is 4. The van der Waals surface area contributed by atoms with Crippen molar-refractivity contribution in [1.29, 1.82) is 0 Å². The van der Waals surface area contributed by atoms with E-state index in [2.05, 4.69) is 10.2 Å². The molecular formula is C17H24N2O3. The molecular weight excluding hydrogens is 280 g/mol. The summed E-state index contributed by atoms with van der Waals surface area (Å²) in [5.74, 6) is 1.70. The van der Waals surface area contributed by atoms with Crippen LogP contribution in [0.25, 0.3) is 0 Å². The lowest BCUT2D eigenvalue weighted by Crippen LogP contribution is -2.43. The normalized spacial score (nSPS) is 24.0. The highest BCUT2D eigenvalue weighted by Gasteiger charge is 2.37. The largest absolute Gasteiger partial charge is 0.497 e. The first-order chi connectivity index (χ1) is 10.7. The van der Waals surface area contributed by atoms with Crippen LogP contribution in [0.2, 0.25) is 0 Å². The van der Waals surface area contributed by atoms with E-state index < -0.39 is 0 Å². The maximum absolute atomic E-state index is 12.9. The molecule has 2 unspecified atom stereocenters. The zero-order valence-corrected chi connectivity index (χ0v) is 13.3. The molecule has 3 rings (SSSR count). The summed E-state index contributed by atoms with van der Waals surface area (Å²) in [7, 11) is 3.27. The molecule has 120 valence electrons. The lowest BCUT2D eigenvalue weighted by Gasteiger charge is -2.28. The van der Waals surface area contributed by atoms with Crippen LogP contribution in [0, 0.1) is 0 Å². The number of methoxy groups -OCH3 is 2. The van der Waals surface area contributed by atoms with Crippen LogP contribution in [0.1, 0.15) is 24.8 Å². The molecule has 2 saturated heterocycles. The number of carbonyl (C=O) groups is 1. The van der Waals surface area contributed by atoms with Gasteiger partial charge in [-0.2, -0.15) is 0 Å². The predicted octanol–water partition coefficient (Wildman–Crippen LogP) is 1.60. The lowest BCUT2D eigenvalue weighted by atomic mass is 10.1. The number of ether oxygens (including phenoxy) is 2. The number of nitrogens with zero attached hydrogens (tertiary/aromatic N) is 1. The minimum atomic E-state index is 0.197. The van der Waals surface area contributed by atoms with Crippen LogP contribution in [0.4, 0.5) is 0 Å². The molecule has 2 aliphatic rings. The molecule has 2 bridgehead atoms. The van der Waals surface area contributed by atoms with Crippen LogP contribution in [0.3, 0.4) is 0 Å². The van der Waals surface area contributed by atoms with E-state index >= 15 is 0 Å². The van der Waals surface area contributed by atoms with Crippen molar-refractivity contribution in [2.75, 3.05) is 27.3 Å². The second kappa shape index (κ2) is 6.57. The summed E-state index contributed by atoms with van der Waals surface area (Å²) in [6, 6.07) is 6.35. The molecule has 2 heterocycles. The van der Waals surface area contributed by atoms with Gasteiger partial charge in [-0.1, -0.05) is 0 Å². The molecule has 2 atom stereocenters. The van der Waals surface area contributed by atoms with E-state index in [1.807, 2.05) is 18.2 Å². The van der Waals surface area contributed by atoms with Crippen LogP contribution in [0.5, 0.6) is 11.5 Å². The minimum Gasteiger partial charge on any atom is -0.497 e. The molecule has 0 aliphatic carbocycles. The van der Waals surface area contributed by atoms with Crippen molar-refractivity contribution in [2.24, 2.45) is 0 Å². The molecule has 22 heavy (non-hydrogen) atoms. The van der Waals surface area contributed by atoms with Gasteiger partial charge in [-0.15, -0.1) is 0 Å². The van der Waals surface area contributed by atoms with Gasteiger partial charge in [-0.25, -0.2) is 0 Å². The summed E-state index contributed by atoms with van der Waals surface area (Å²) in [6.07, 6.45) is 3.66. The number of rotatable bonds is 4. The number of hydrogen-bond donors (Lipinski definition) is 1. The van der Waals surface area contributed by atoms with Gasteiger partial charge >= 0.3 is 0 Å². The summed E-state index contributed by atoms with van der Waals surface area (Å²) in [4.78, 5) is 15.0. The maximum Gasteiger partial charge on any atom is 0.227 e. The van der Waals surface area contributed by atoms with E-state index in [1.54, 1.807) is 14.2 Å². The fourth-order valence-electron chi connectivity index (χ4n) is 3.66. The zero-order valence-electron chi connectivity index (χ0n) is 13.3. The van der Waals surface area contributed by atoms with Gasteiger partial charge in [0.25, 0.3) is 0 Å². The van der Waals surface area contributed by atoms with Gasteiger partial charge in [0.1, 0.15) is 11.5 Å². The molecule has 0 aromatic heterocycles. The predicted molar refractivity (Wildman–Crippen MR) is 84.4 cm³/mol. The number of nitrogens with one attached hydrogen (secondary N) is 1. The highest BCUT2D eigenvalue weighted by atomic mass is 16.5. The van der Waals surface area contributed by atoms with Gasteiger partial charge in [-0.3, -0.25) is 4.79 Å². The summed E-state index contributed by atoms with van der Waals surface area (Å²) in [6.45, 7) is 1.92. The van der Waals surface area contributed by atoms with Gasteiger partial charge in [0.05, 0.1) is 20.6 Å². The monoisotopic (exact) mass is 304 g/mol. The minimum absolute atomic E-state index is 0.197.